The van der Waals surface area contributed by atoms with Crippen LogP contribution in [0.2, 0.25) is 0 Å². The highest BCUT2D eigenvalue weighted by Gasteiger charge is 2.43. The van der Waals surface area contributed by atoms with E-state index in [0.29, 0.717) is 48.8 Å². The first-order valence-corrected chi connectivity index (χ1v) is 13.9. The van der Waals surface area contributed by atoms with Crippen LogP contribution in [0, 0.1) is 5.41 Å². The first-order chi connectivity index (χ1) is 18.3. The van der Waals surface area contributed by atoms with Crippen molar-refractivity contribution in [2.75, 3.05) is 31.9 Å². The third-order valence-corrected chi connectivity index (χ3v) is 7.95. The molecule has 0 aliphatic heterocycles. The van der Waals surface area contributed by atoms with Crippen molar-refractivity contribution in [3.63, 3.8) is 0 Å². The zero-order valence-corrected chi connectivity index (χ0v) is 23.4. The summed E-state index contributed by atoms with van der Waals surface area (Å²) in [5.41, 5.74) is 0.666. The molecule has 0 radical (unpaired) electrons. The minimum atomic E-state index is -0.828. The Morgan fingerprint density at radius 1 is 1.03 bits per heavy atom. The summed E-state index contributed by atoms with van der Waals surface area (Å²) < 4.78 is 16.4. The molecule has 0 bridgehead atoms. The van der Waals surface area contributed by atoms with Gasteiger partial charge in [0.2, 0.25) is 11.8 Å². The highest BCUT2D eigenvalue weighted by molar-refractivity contribution is 8.13. The smallest absolute Gasteiger partial charge is 0.247 e. The predicted molar refractivity (Wildman–Crippen MR) is 150 cm³/mol. The van der Waals surface area contributed by atoms with Gasteiger partial charge >= 0.3 is 0 Å². The van der Waals surface area contributed by atoms with E-state index in [9.17, 15) is 14.4 Å². The van der Waals surface area contributed by atoms with E-state index in [1.165, 1.54) is 21.1 Å². The average Bonchev–Trinajstić information content (AvgIpc) is 2.92. The Balaban J connectivity index is 1.84. The van der Waals surface area contributed by atoms with Gasteiger partial charge in [0.15, 0.2) is 5.12 Å². The van der Waals surface area contributed by atoms with Crippen molar-refractivity contribution < 1.29 is 28.6 Å². The molecule has 1 saturated carbocycles. The summed E-state index contributed by atoms with van der Waals surface area (Å²) in [6.45, 7) is 4.10. The van der Waals surface area contributed by atoms with Crippen LogP contribution in [0.25, 0.3) is 0 Å². The number of nitrogens with one attached hydrogen (secondary N) is 2. The van der Waals surface area contributed by atoms with Gasteiger partial charge in [-0.2, -0.15) is 0 Å². The topological polar surface area (TPSA) is 103 Å². The molecular formula is C29H38N2O6S. The van der Waals surface area contributed by atoms with Gasteiger partial charge in [-0.15, -0.1) is 0 Å². The van der Waals surface area contributed by atoms with Gasteiger partial charge in [-0.25, -0.2) is 0 Å². The van der Waals surface area contributed by atoms with Crippen molar-refractivity contribution in [2.24, 2.45) is 5.41 Å². The monoisotopic (exact) mass is 542 g/mol. The second-order valence-corrected chi connectivity index (χ2v) is 10.7. The summed E-state index contributed by atoms with van der Waals surface area (Å²) >= 11 is 1.16. The van der Waals surface area contributed by atoms with Gasteiger partial charge in [-0.3, -0.25) is 14.4 Å². The van der Waals surface area contributed by atoms with Crippen molar-refractivity contribution >= 4 is 34.4 Å². The fourth-order valence-electron chi connectivity index (χ4n) is 4.70. The summed E-state index contributed by atoms with van der Waals surface area (Å²) in [4.78, 5) is 39.2. The molecule has 2 aromatic carbocycles. The van der Waals surface area contributed by atoms with Crippen molar-refractivity contribution in [1.29, 1.82) is 0 Å². The second kappa shape index (κ2) is 14.2. The molecule has 1 aliphatic carbocycles. The molecule has 38 heavy (non-hydrogen) atoms. The number of carbonyl (C=O) groups excluding carboxylic acids is 3. The molecule has 2 amide bonds. The number of carbonyl (C=O) groups is 3. The summed E-state index contributed by atoms with van der Waals surface area (Å²) in [6.07, 6.45) is 3.08. The minimum Gasteiger partial charge on any atom is -0.497 e. The zero-order valence-electron chi connectivity index (χ0n) is 22.6. The fourth-order valence-corrected chi connectivity index (χ4v) is 5.60. The Bertz CT molecular complexity index is 1060. The van der Waals surface area contributed by atoms with Crippen LogP contribution in [0.1, 0.15) is 45.1 Å². The molecule has 8 nitrogen and oxygen atoms in total. The SMILES string of the molecule is CCOC1CCC(CSC(C)=O)(C(=O)N[C@@H](Cc2ccccc2)C(=O)Nc2cc(OC)cc(OC)c2)CC1. The van der Waals surface area contributed by atoms with Crippen molar-refractivity contribution in [3.05, 3.63) is 54.1 Å². The van der Waals surface area contributed by atoms with Crippen LogP contribution in [-0.4, -0.2) is 55.7 Å². The van der Waals surface area contributed by atoms with Crippen molar-refractivity contribution in [3.8, 4) is 11.5 Å². The van der Waals surface area contributed by atoms with Crippen LogP contribution in [0.15, 0.2) is 48.5 Å². The Labute approximate surface area is 229 Å². The largest absolute Gasteiger partial charge is 0.497 e. The van der Waals surface area contributed by atoms with Gasteiger partial charge in [0, 0.05) is 49.6 Å². The fraction of sp³-hybridized carbons (Fsp3) is 0.483. The molecule has 0 spiro atoms. The molecule has 1 fully saturated rings. The molecule has 1 aliphatic rings. The molecule has 3 rings (SSSR count). The van der Waals surface area contributed by atoms with Crippen LogP contribution in [0.5, 0.6) is 11.5 Å². The lowest BCUT2D eigenvalue weighted by Gasteiger charge is -2.39. The molecule has 206 valence electrons. The van der Waals surface area contributed by atoms with Gasteiger partial charge in [0.25, 0.3) is 0 Å². The molecule has 2 aromatic rings. The van der Waals surface area contributed by atoms with Crippen LogP contribution in [0.4, 0.5) is 5.69 Å². The summed E-state index contributed by atoms with van der Waals surface area (Å²) in [7, 11) is 3.08. The molecule has 9 heteroatoms. The number of anilines is 1. The molecule has 2 N–H and O–H groups in total. The van der Waals surface area contributed by atoms with Crippen molar-refractivity contribution in [1.82, 2.24) is 5.32 Å². The van der Waals surface area contributed by atoms with E-state index >= 15 is 0 Å². The first kappa shape index (κ1) is 29.5. The first-order valence-electron chi connectivity index (χ1n) is 12.9. The average molecular weight is 543 g/mol. The highest BCUT2D eigenvalue weighted by Crippen LogP contribution is 2.40. The Hall–Kier alpha value is -3.04. The zero-order chi connectivity index (χ0) is 27.5. The Kier molecular flexibility index (Phi) is 11.0. The normalized spacial score (nSPS) is 19.7. The Morgan fingerprint density at radius 3 is 2.21 bits per heavy atom. The van der Waals surface area contributed by atoms with Gasteiger partial charge in [0.05, 0.1) is 25.7 Å². The maximum absolute atomic E-state index is 13.9. The van der Waals surface area contributed by atoms with Crippen molar-refractivity contribution in [2.45, 2.75) is 58.1 Å². The standard InChI is InChI=1S/C29H38N2O6S/c1-5-37-23-11-13-29(14-12-23,19-38-20(2)32)28(34)31-26(15-21-9-7-6-8-10-21)27(33)30-22-16-24(35-3)18-25(17-22)36-4/h6-10,16-18,23,26H,5,11-15,19H2,1-4H3,(H,30,33)(H,31,34)/t23?,26-,29?/m0/s1. The van der Waals surface area contributed by atoms with E-state index in [-0.39, 0.29) is 23.0 Å². The minimum absolute atomic E-state index is 0.0327. The lowest BCUT2D eigenvalue weighted by atomic mass is 9.73. The molecule has 0 aromatic heterocycles. The van der Waals surface area contributed by atoms with E-state index in [0.717, 1.165) is 30.2 Å². The number of hydrogen-bond acceptors (Lipinski definition) is 7. The van der Waals surface area contributed by atoms with E-state index in [1.54, 1.807) is 18.2 Å². The number of ether oxygens (including phenoxy) is 3. The van der Waals surface area contributed by atoms with Gasteiger partial charge in [-0.05, 0) is 38.2 Å². The van der Waals surface area contributed by atoms with Crippen LogP contribution < -0.4 is 20.1 Å². The highest BCUT2D eigenvalue weighted by atomic mass is 32.2. The van der Waals surface area contributed by atoms with Gasteiger partial charge in [-0.1, -0.05) is 42.1 Å². The number of amides is 2. The molecular weight excluding hydrogens is 504 g/mol. The molecule has 0 unspecified atom stereocenters. The van der Waals surface area contributed by atoms with E-state index in [1.807, 2.05) is 37.3 Å². The maximum atomic E-state index is 13.9. The van der Waals surface area contributed by atoms with E-state index in [4.69, 9.17) is 14.2 Å². The second-order valence-electron chi connectivity index (χ2n) is 9.52. The van der Waals surface area contributed by atoms with Crippen LogP contribution in [0.3, 0.4) is 0 Å². The third kappa shape index (κ3) is 8.23. The molecule has 1 atom stereocenters. The number of benzene rings is 2. The Morgan fingerprint density at radius 2 is 1.66 bits per heavy atom. The van der Waals surface area contributed by atoms with E-state index < -0.39 is 11.5 Å². The van der Waals surface area contributed by atoms with Gasteiger partial charge < -0.3 is 24.8 Å². The van der Waals surface area contributed by atoms with E-state index in [2.05, 4.69) is 10.6 Å². The lowest BCUT2D eigenvalue weighted by Crippen LogP contribution is -2.53. The summed E-state index contributed by atoms with van der Waals surface area (Å²) in [5.74, 6) is 0.888. The maximum Gasteiger partial charge on any atom is 0.247 e. The summed E-state index contributed by atoms with van der Waals surface area (Å²) in [5, 5.41) is 5.93. The summed E-state index contributed by atoms with van der Waals surface area (Å²) in [6, 6.07) is 13.8. The third-order valence-electron chi connectivity index (χ3n) is 6.85. The quantitative estimate of drug-likeness (QED) is 0.404. The molecule has 0 saturated heterocycles. The predicted octanol–water partition coefficient (Wildman–Crippen LogP) is 4.62. The molecule has 0 heterocycles. The number of thioether (sulfide) groups is 1. The number of hydrogen-bond donors (Lipinski definition) is 2. The number of methoxy groups -OCH3 is 2. The van der Waals surface area contributed by atoms with Crippen LogP contribution in [-0.2, 0) is 25.5 Å². The van der Waals surface area contributed by atoms with Crippen LogP contribution >= 0.6 is 11.8 Å². The number of rotatable bonds is 12. The lowest BCUT2D eigenvalue weighted by molar-refractivity contribution is -0.136. The van der Waals surface area contributed by atoms with Gasteiger partial charge in [0.1, 0.15) is 17.5 Å².